The van der Waals surface area contributed by atoms with Gasteiger partial charge in [0.1, 0.15) is 0 Å². The van der Waals surface area contributed by atoms with Crippen LogP contribution in [0.15, 0.2) is 47.6 Å². The first-order valence-corrected chi connectivity index (χ1v) is 10.6. The lowest BCUT2D eigenvalue weighted by atomic mass is 9.85. The second-order valence-electron chi connectivity index (χ2n) is 7.31. The Bertz CT molecular complexity index is 1020. The summed E-state index contributed by atoms with van der Waals surface area (Å²) >= 11 is 0. The molecular weight excluding hydrogens is 413 g/mol. The van der Waals surface area contributed by atoms with Gasteiger partial charge in [-0.2, -0.15) is 13.2 Å². The summed E-state index contributed by atoms with van der Waals surface area (Å²) in [6.45, 7) is -1.85. The van der Waals surface area contributed by atoms with Crippen molar-refractivity contribution in [1.82, 2.24) is 4.98 Å². The Labute approximate surface area is 165 Å². The first-order valence-electron chi connectivity index (χ1n) is 8.67. The number of sulfone groups is 1. The molecule has 0 radical (unpaired) electrons. The predicted molar refractivity (Wildman–Crippen MR) is 99.2 cm³/mol. The number of aromatic nitrogens is 1. The number of alkyl halides is 5. The van der Waals surface area contributed by atoms with E-state index >= 15 is 0 Å². The maximum Gasteiger partial charge on any atom is 0.416 e. The smallest absolute Gasteiger partial charge is 0.250 e. The van der Waals surface area contributed by atoms with Crippen molar-refractivity contribution < 1.29 is 30.4 Å². The highest BCUT2D eigenvalue weighted by Gasteiger charge is 2.40. The Balaban J connectivity index is 2.08. The average Bonchev–Trinajstić information content (AvgIpc) is 3.07. The molecule has 1 aliphatic rings. The van der Waals surface area contributed by atoms with E-state index in [0.29, 0.717) is 22.3 Å². The molecule has 156 valence electrons. The first-order chi connectivity index (χ1) is 13.5. The molecule has 1 heterocycles. The third-order valence-electron chi connectivity index (χ3n) is 5.06. The Morgan fingerprint density at radius 3 is 1.86 bits per heavy atom. The largest absolute Gasteiger partial charge is 0.416 e. The van der Waals surface area contributed by atoms with Crippen LogP contribution in [0.4, 0.5) is 22.0 Å². The van der Waals surface area contributed by atoms with Crippen molar-refractivity contribution in [3.63, 3.8) is 0 Å². The molecule has 0 saturated heterocycles. The molecule has 1 aliphatic carbocycles. The van der Waals surface area contributed by atoms with E-state index in [1.54, 1.807) is 0 Å². The van der Waals surface area contributed by atoms with Gasteiger partial charge in [0.15, 0.2) is 14.9 Å². The second kappa shape index (κ2) is 7.51. The molecule has 0 unspecified atom stereocenters. The van der Waals surface area contributed by atoms with E-state index in [-0.39, 0.29) is 17.9 Å². The summed E-state index contributed by atoms with van der Waals surface area (Å²) in [6.07, 6.45) is -2.11. The van der Waals surface area contributed by atoms with Gasteiger partial charge in [0.25, 0.3) is 0 Å². The number of halogens is 5. The van der Waals surface area contributed by atoms with Gasteiger partial charge >= 0.3 is 6.18 Å². The zero-order chi connectivity index (χ0) is 21.4. The topological polar surface area (TPSA) is 47.0 Å². The van der Waals surface area contributed by atoms with Crippen LogP contribution < -0.4 is 0 Å². The second-order valence-corrected chi connectivity index (χ2v) is 9.27. The number of benzene rings is 1. The number of pyridine rings is 1. The number of allylic oxidation sites excluding steroid dienone is 2. The van der Waals surface area contributed by atoms with Crippen LogP contribution in [-0.2, 0) is 16.0 Å². The third kappa shape index (κ3) is 4.34. The van der Waals surface area contributed by atoms with Crippen molar-refractivity contribution in [3.05, 3.63) is 59.3 Å². The maximum atomic E-state index is 13.7. The molecule has 0 N–H and O–H groups in total. The molecule has 0 atom stereocenters. The van der Waals surface area contributed by atoms with Gasteiger partial charge in [0, 0.05) is 17.9 Å². The highest BCUT2D eigenvalue weighted by Crippen LogP contribution is 2.50. The Kier molecular flexibility index (Phi) is 5.55. The molecule has 2 aromatic rings. The Morgan fingerprint density at radius 1 is 0.931 bits per heavy atom. The number of nitrogens with zero attached hydrogens (tertiary/aromatic N) is 1. The van der Waals surface area contributed by atoms with E-state index in [4.69, 9.17) is 0 Å². The van der Waals surface area contributed by atoms with Gasteiger partial charge < -0.3 is 0 Å². The molecule has 9 heteroatoms. The SMILES string of the molecule is CS(=O)(=O)c1ccc(C2=C(c3ccc(C(F)(F)F)cc3)CC(CF)(CF)C2)cn1. The summed E-state index contributed by atoms with van der Waals surface area (Å²) in [5, 5.41) is -0.141. The minimum Gasteiger partial charge on any atom is -0.250 e. The predicted octanol–water partition coefficient (Wildman–Crippen LogP) is 5.13. The van der Waals surface area contributed by atoms with Crippen molar-refractivity contribution in [1.29, 1.82) is 0 Å². The number of hydrogen-bond donors (Lipinski definition) is 0. The van der Waals surface area contributed by atoms with Crippen LogP contribution in [0.2, 0.25) is 0 Å². The summed E-state index contributed by atoms with van der Waals surface area (Å²) < 4.78 is 89.0. The molecule has 3 nitrogen and oxygen atoms in total. The van der Waals surface area contributed by atoms with Crippen LogP contribution in [-0.4, -0.2) is 33.0 Å². The number of hydrogen-bond acceptors (Lipinski definition) is 3. The van der Waals surface area contributed by atoms with Crippen molar-refractivity contribution in [2.75, 3.05) is 19.6 Å². The van der Waals surface area contributed by atoms with Gasteiger partial charge in [0.2, 0.25) is 0 Å². The van der Waals surface area contributed by atoms with Gasteiger partial charge in [0.05, 0.1) is 18.9 Å². The minimum atomic E-state index is -4.49. The minimum absolute atomic E-state index is 0.0223. The lowest BCUT2D eigenvalue weighted by Gasteiger charge is -2.22. The lowest BCUT2D eigenvalue weighted by molar-refractivity contribution is -0.137. The van der Waals surface area contributed by atoms with Gasteiger partial charge in [-0.25, -0.2) is 13.4 Å². The van der Waals surface area contributed by atoms with Crippen LogP contribution in [0.5, 0.6) is 0 Å². The first kappa shape index (κ1) is 21.4. The van der Waals surface area contributed by atoms with Crippen LogP contribution in [0, 0.1) is 5.41 Å². The number of rotatable bonds is 5. The van der Waals surface area contributed by atoms with Gasteiger partial charge in [-0.3, -0.25) is 8.78 Å². The molecule has 29 heavy (non-hydrogen) atoms. The van der Waals surface area contributed by atoms with E-state index in [1.807, 2.05) is 0 Å². The van der Waals surface area contributed by atoms with Crippen LogP contribution in [0.25, 0.3) is 11.1 Å². The fourth-order valence-electron chi connectivity index (χ4n) is 3.44. The normalized spacial score (nSPS) is 17.0. The van der Waals surface area contributed by atoms with Crippen molar-refractivity contribution in [3.8, 4) is 0 Å². The quantitative estimate of drug-likeness (QED) is 0.617. The van der Waals surface area contributed by atoms with Gasteiger partial charge in [-0.05, 0) is 53.3 Å². The summed E-state index contributed by atoms with van der Waals surface area (Å²) in [5.41, 5.74) is -0.110. The molecule has 0 bridgehead atoms. The maximum absolute atomic E-state index is 13.7. The third-order valence-corrected chi connectivity index (χ3v) is 6.06. The monoisotopic (exact) mass is 431 g/mol. The lowest BCUT2D eigenvalue weighted by Crippen LogP contribution is -2.22. The van der Waals surface area contributed by atoms with E-state index in [0.717, 1.165) is 18.4 Å². The Morgan fingerprint density at radius 2 is 1.45 bits per heavy atom. The van der Waals surface area contributed by atoms with Gasteiger partial charge in [-0.1, -0.05) is 18.2 Å². The van der Waals surface area contributed by atoms with Crippen LogP contribution in [0.1, 0.15) is 29.5 Å². The summed E-state index contributed by atoms with van der Waals surface area (Å²) in [4.78, 5) is 3.91. The van der Waals surface area contributed by atoms with E-state index < -0.39 is 40.3 Å². The van der Waals surface area contributed by atoms with Crippen LogP contribution in [0.3, 0.4) is 0 Å². The molecule has 0 aliphatic heterocycles. The summed E-state index contributed by atoms with van der Waals surface area (Å²) in [7, 11) is -3.51. The van der Waals surface area contributed by atoms with Crippen molar-refractivity contribution in [2.45, 2.75) is 24.0 Å². The zero-order valence-electron chi connectivity index (χ0n) is 15.4. The molecular formula is C20H18F5NO2S. The highest BCUT2D eigenvalue weighted by molar-refractivity contribution is 7.90. The summed E-state index contributed by atoms with van der Waals surface area (Å²) in [6, 6.07) is 7.21. The highest BCUT2D eigenvalue weighted by atomic mass is 32.2. The molecule has 3 rings (SSSR count). The zero-order valence-corrected chi connectivity index (χ0v) is 16.2. The van der Waals surface area contributed by atoms with Crippen LogP contribution >= 0.6 is 0 Å². The van der Waals surface area contributed by atoms with Crippen molar-refractivity contribution in [2.24, 2.45) is 5.41 Å². The standard InChI is InChI=1S/C20H18F5NO2S/c1-29(27,28)18-7-4-14(10-26-18)17-9-19(11-21,12-22)8-16(17)13-2-5-15(6-3-13)20(23,24)25/h2-7,10H,8-9,11-12H2,1H3. The Hall–Kier alpha value is -2.29. The molecule has 0 fully saturated rings. The molecule has 0 saturated carbocycles. The summed E-state index contributed by atoms with van der Waals surface area (Å²) in [5.74, 6) is 0. The molecule has 1 aromatic heterocycles. The molecule has 1 aromatic carbocycles. The molecule has 0 amide bonds. The van der Waals surface area contributed by atoms with E-state index in [1.165, 1.54) is 30.5 Å². The molecule has 0 spiro atoms. The van der Waals surface area contributed by atoms with E-state index in [2.05, 4.69) is 4.98 Å². The van der Waals surface area contributed by atoms with E-state index in [9.17, 15) is 30.4 Å². The fourth-order valence-corrected chi connectivity index (χ4v) is 4.00. The van der Waals surface area contributed by atoms with Gasteiger partial charge in [-0.15, -0.1) is 0 Å². The fraction of sp³-hybridized carbons (Fsp3) is 0.350. The van der Waals surface area contributed by atoms with Crippen molar-refractivity contribution >= 4 is 21.0 Å². The average molecular weight is 431 g/mol.